The van der Waals surface area contributed by atoms with Crippen LogP contribution in [-0.2, 0) is 9.31 Å². The highest BCUT2D eigenvalue weighted by Gasteiger charge is 1.96. The predicted octanol–water partition coefficient (Wildman–Crippen LogP) is 12.4. The van der Waals surface area contributed by atoms with Gasteiger partial charge >= 0.3 is 7.69 Å². The van der Waals surface area contributed by atoms with E-state index in [-0.39, 0.29) is 0 Å². The fourth-order valence-corrected chi connectivity index (χ4v) is 5.08. The van der Waals surface area contributed by atoms with Crippen molar-refractivity contribution in [1.29, 1.82) is 0 Å². The Morgan fingerprint density at radius 1 is 0.333 bits per heavy atom. The van der Waals surface area contributed by atoms with Crippen LogP contribution in [0, 0.1) is 0 Å². The van der Waals surface area contributed by atoms with Gasteiger partial charge in [0.2, 0.25) is 0 Å². The van der Waals surface area contributed by atoms with Crippen LogP contribution >= 0.6 is 0 Å². The summed E-state index contributed by atoms with van der Waals surface area (Å²) in [7, 11) is 0.482. The lowest BCUT2D eigenvalue weighted by molar-refractivity contribution is 0.213. The molecule has 0 aromatic rings. The zero-order valence-corrected chi connectivity index (χ0v) is 27.0. The van der Waals surface area contributed by atoms with Crippen LogP contribution in [0.4, 0.5) is 0 Å². The molecule has 0 aliphatic rings. The molecule has 0 heterocycles. The third kappa shape index (κ3) is 37.5. The van der Waals surface area contributed by atoms with Gasteiger partial charge < -0.3 is 9.31 Å². The van der Waals surface area contributed by atoms with Gasteiger partial charge in [0.15, 0.2) is 0 Å². The summed E-state index contributed by atoms with van der Waals surface area (Å²) in [4.78, 5) is 0. The van der Waals surface area contributed by atoms with Crippen LogP contribution in [0.5, 0.6) is 0 Å². The largest absolute Gasteiger partial charge is 0.438 e. The summed E-state index contributed by atoms with van der Waals surface area (Å²) in [5.41, 5.74) is 0. The van der Waals surface area contributed by atoms with Gasteiger partial charge in [-0.3, -0.25) is 0 Å². The Kier molecular flexibility index (Phi) is 37.0. The molecule has 0 bridgehead atoms. The van der Waals surface area contributed by atoms with Crippen molar-refractivity contribution in [2.45, 2.75) is 194 Å². The molecule has 0 N–H and O–H groups in total. The summed E-state index contributed by atoms with van der Waals surface area (Å²) < 4.78 is 11.3. The van der Waals surface area contributed by atoms with E-state index in [2.05, 4.69) is 38.2 Å². The fraction of sp³-hybridized carbons (Fsp3) is 0.889. The van der Waals surface area contributed by atoms with Crippen LogP contribution in [0.15, 0.2) is 24.3 Å². The zero-order valence-electron chi connectivity index (χ0n) is 27.0. The average Bonchev–Trinajstić information content (AvgIpc) is 2.95. The third-order valence-corrected chi connectivity index (χ3v) is 7.77. The molecule has 2 nitrogen and oxygen atoms in total. The standard InChI is InChI=1S/C36H71BO2/c1-3-5-7-9-11-13-15-17-19-21-23-25-27-29-31-33-35-38-37-39-36-34-32-30-28-26-24-22-20-18-16-14-12-10-8-6-4-2/h17-20,37H,3-16,21-36H2,1-2H3/b19-17-,20-18-. The molecule has 0 unspecified atom stereocenters. The molecule has 0 spiro atoms. The molecule has 0 aromatic carbocycles. The predicted molar refractivity (Wildman–Crippen MR) is 178 cm³/mol. The minimum atomic E-state index is 0.482. The summed E-state index contributed by atoms with van der Waals surface area (Å²) in [6.07, 6.45) is 47.4. The molecule has 0 rings (SSSR count). The summed E-state index contributed by atoms with van der Waals surface area (Å²) in [5.74, 6) is 0. The van der Waals surface area contributed by atoms with Crippen molar-refractivity contribution in [2.75, 3.05) is 13.2 Å². The molecular weight excluding hydrogens is 475 g/mol. The van der Waals surface area contributed by atoms with Crippen LogP contribution in [0.2, 0.25) is 0 Å². The van der Waals surface area contributed by atoms with Crippen molar-refractivity contribution < 1.29 is 9.31 Å². The van der Waals surface area contributed by atoms with E-state index in [0.29, 0.717) is 7.69 Å². The van der Waals surface area contributed by atoms with Gasteiger partial charge in [-0.2, -0.15) is 0 Å². The van der Waals surface area contributed by atoms with Crippen LogP contribution in [-0.4, -0.2) is 20.9 Å². The highest BCUT2D eigenvalue weighted by molar-refractivity contribution is 6.17. The van der Waals surface area contributed by atoms with Gasteiger partial charge in [0.1, 0.15) is 0 Å². The van der Waals surface area contributed by atoms with Gasteiger partial charge in [-0.25, -0.2) is 0 Å². The van der Waals surface area contributed by atoms with E-state index in [0.717, 1.165) is 13.2 Å². The van der Waals surface area contributed by atoms with E-state index >= 15 is 0 Å². The number of rotatable bonds is 34. The summed E-state index contributed by atoms with van der Waals surface area (Å²) in [6.45, 7) is 6.29. The van der Waals surface area contributed by atoms with Gasteiger partial charge in [0.05, 0.1) is 0 Å². The Morgan fingerprint density at radius 2 is 0.590 bits per heavy atom. The molecule has 0 aliphatic carbocycles. The van der Waals surface area contributed by atoms with E-state index in [1.807, 2.05) is 0 Å². The third-order valence-electron chi connectivity index (χ3n) is 7.77. The molecule has 0 saturated heterocycles. The van der Waals surface area contributed by atoms with Crippen molar-refractivity contribution in [3.8, 4) is 0 Å². The van der Waals surface area contributed by atoms with Crippen LogP contribution in [0.3, 0.4) is 0 Å². The normalized spacial score (nSPS) is 11.8. The number of hydrogen-bond donors (Lipinski definition) is 0. The van der Waals surface area contributed by atoms with Gasteiger partial charge in [0.25, 0.3) is 0 Å². The molecule has 230 valence electrons. The van der Waals surface area contributed by atoms with Crippen molar-refractivity contribution in [3.05, 3.63) is 24.3 Å². The summed E-state index contributed by atoms with van der Waals surface area (Å²) in [5, 5.41) is 0. The zero-order chi connectivity index (χ0) is 28.2. The van der Waals surface area contributed by atoms with Crippen LogP contribution in [0.25, 0.3) is 0 Å². The second-order valence-corrected chi connectivity index (χ2v) is 11.8. The van der Waals surface area contributed by atoms with Crippen molar-refractivity contribution in [1.82, 2.24) is 0 Å². The van der Waals surface area contributed by atoms with Gasteiger partial charge in [0, 0.05) is 13.2 Å². The highest BCUT2D eigenvalue weighted by Crippen LogP contribution is 2.11. The van der Waals surface area contributed by atoms with E-state index < -0.39 is 0 Å². The first-order valence-electron chi connectivity index (χ1n) is 17.9. The Bertz CT molecular complexity index is 435. The van der Waals surface area contributed by atoms with E-state index in [9.17, 15) is 0 Å². The Balaban J connectivity index is 3.09. The maximum atomic E-state index is 5.64. The van der Waals surface area contributed by atoms with Crippen molar-refractivity contribution >= 4 is 7.69 Å². The van der Waals surface area contributed by atoms with Gasteiger partial charge in [-0.15, -0.1) is 0 Å². The van der Waals surface area contributed by atoms with Gasteiger partial charge in [-0.05, 0) is 64.2 Å². The molecular formula is C36H71BO2. The topological polar surface area (TPSA) is 18.5 Å². The second kappa shape index (κ2) is 37.5. The lowest BCUT2D eigenvalue weighted by Gasteiger charge is -2.05. The van der Waals surface area contributed by atoms with Crippen molar-refractivity contribution in [2.24, 2.45) is 0 Å². The molecule has 0 radical (unpaired) electrons. The fourth-order valence-electron chi connectivity index (χ4n) is 5.08. The maximum Gasteiger partial charge on any atom is 0.438 e. The lowest BCUT2D eigenvalue weighted by atomic mass is 10.1. The molecule has 0 amide bonds. The lowest BCUT2D eigenvalue weighted by Crippen LogP contribution is -2.07. The Morgan fingerprint density at radius 3 is 0.897 bits per heavy atom. The highest BCUT2D eigenvalue weighted by atomic mass is 16.6. The quantitative estimate of drug-likeness (QED) is 0.0454. The monoisotopic (exact) mass is 547 g/mol. The molecule has 3 heteroatoms. The van der Waals surface area contributed by atoms with Crippen LogP contribution < -0.4 is 0 Å². The summed E-state index contributed by atoms with van der Waals surface area (Å²) in [6, 6.07) is 0. The minimum Gasteiger partial charge on any atom is -0.414 e. The first kappa shape index (κ1) is 38.5. The average molecular weight is 547 g/mol. The van der Waals surface area contributed by atoms with Crippen molar-refractivity contribution in [3.63, 3.8) is 0 Å². The maximum absolute atomic E-state index is 5.64. The van der Waals surface area contributed by atoms with Gasteiger partial charge in [-0.1, -0.05) is 154 Å². The SMILES string of the molecule is CCCCCCCC/C=C\CCCCCCCCOBOCCCCCCCC/C=C\CCCCCCCC. The molecule has 39 heavy (non-hydrogen) atoms. The number of unbranched alkanes of at least 4 members (excludes halogenated alkanes) is 24. The Labute approximate surface area is 247 Å². The number of allylic oxidation sites excluding steroid dienone is 4. The van der Waals surface area contributed by atoms with Crippen LogP contribution in [0.1, 0.15) is 194 Å². The smallest absolute Gasteiger partial charge is 0.414 e. The molecule has 0 aromatic heterocycles. The first-order chi connectivity index (χ1) is 19.4. The molecule has 0 atom stereocenters. The Hall–Kier alpha value is -0.535. The van der Waals surface area contributed by atoms with E-state index in [4.69, 9.17) is 9.31 Å². The first-order valence-corrected chi connectivity index (χ1v) is 17.9. The van der Waals surface area contributed by atoms with E-state index in [1.54, 1.807) is 0 Å². The molecule has 0 aliphatic heterocycles. The minimum absolute atomic E-state index is 0.482. The summed E-state index contributed by atoms with van der Waals surface area (Å²) >= 11 is 0. The molecule has 0 fully saturated rings. The second-order valence-electron chi connectivity index (χ2n) is 11.8. The van der Waals surface area contributed by atoms with E-state index in [1.165, 1.54) is 180 Å². The molecule has 0 saturated carbocycles. The number of hydrogen-bond acceptors (Lipinski definition) is 2.